The number of urea groups is 1. The van der Waals surface area contributed by atoms with E-state index in [1.54, 1.807) is 35.2 Å². The minimum Gasteiger partial charge on any atom is -0.356 e. The molecule has 8 heteroatoms. The number of carbonyl (C=O) groups excluding carboxylic acids is 3. The molecule has 3 heterocycles. The molecule has 0 saturated carbocycles. The standard InChI is InChI=1S/C30H27ClN4O3/c1-17(2)16-32-28(36)21-11-4-6-13-24(21)35-29(37)25-15-22-20-10-3-5-12-23(20)33-26(22)27(34(25)30(35)38)18-8-7-9-19(31)14-18/h3-14,17,25,27,33H,15-16H2,1-2H3,(H,32,36)/t25-,27-/m0/s1. The van der Waals surface area contributed by atoms with Gasteiger partial charge in [0.25, 0.3) is 11.8 Å². The van der Waals surface area contributed by atoms with Crippen LogP contribution in [0.25, 0.3) is 10.9 Å². The van der Waals surface area contributed by atoms with Crippen molar-refractivity contribution in [3.63, 3.8) is 0 Å². The highest BCUT2D eigenvalue weighted by Crippen LogP contribution is 2.45. The van der Waals surface area contributed by atoms with Crippen LogP contribution in [0.1, 0.15) is 47.1 Å². The van der Waals surface area contributed by atoms with E-state index >= 15 is 0 Å². The van der Waals surface area contributed by atoms with Crippen molar-refractivity contribution in [2.24, 2.45) is 5.92 Å². The molecular formula is C30H27ClN4O3. The molecule has 0 bridgehead atoms. The zero-order valence-corrected chi connectivity index (χ0v) is 21.8. The molecule has 1 aromatic heterocycles. The van der Waals surface area contributed by atoms with Gasteiger partial charge in [0.1, 0.15) is 12.1 Å². The Kier molecular flexibility index (Phi) is 5.95. The maximum Gasteiger partial charge on any atom is 0.332 e. The van der Waals surface area contributed by atoms with E-state index in [9.17, 15) is 14.4 Å². The molecule has 0 spiro atoms. The molecule has 192 valence electrons. The highest BCUT2D eigenvalue weighted by atomic mass is 35.5. The van der Waals surface area contributed by atoms with Crippen LogP contribution in [-0.4, -0.2) is 40.3 Å². The molecule has 38 heavy (non-hydrogen) atoms. The lowest BCUT2D eigenvalue weighted by Gasteiger charge is -2.36. The smallest absolute Gasteiger partial charge is 0.332 e. The molecule has 2 atom stereocenters. The number of hydrogen-bond acceptors (Lipinski definition) is 3. The lowest BCUT2D eigenvalue weighted by Crippen LogP contribution is -2.44. The average Bonchev–Trinajstić information content (AvgIpc) is 3.40. The number of para-hydroxylation sites is 2. The quantitative estimate of drug-likeness (QED) is 0.328. The van der Waals surface area contributed by atoms with Crippen LogP contribution in [-0.2, 0) is 11.2 Å². The Bertz CT molecular complexity index is 1590. The molecule has 1 fully saturated rings. The van der Waals surface area contributed by atoms with Crippen LogP contribution in [0.15, 0.2) is 72.8 Å². The summed E-state index contributed by atoms with van der Waals surface area (Å²) < 4.78 is 0. The van der Waals surface area contributed by atoms with Crippen molar-refractivity contribution in [3.8, 4) is 0 Å². The number of nitrogens with zero attached hydrogens (tertiary/aromatic N) is 2. The van der Waals surface area contributed by atoms with Gasteiger partial charge in [0.15, 0.2) is 0 Å². The van der Waals surface area contributed by atoms with Crippen molar-refractivity contribution >= 4 is 46.0 Å². The van der Waals surface area contributed by atoms with Crippen LogP contribution in [0.5, 0.6) is 0 Å². The molecule has 2 aliphatic heterocycles. The van der Waals surface area contributed by atoms with Crippen LogP contribution in [0.3, 0.4) is 0 Å². The second-order valence-corrected chi connectivity index (χ2v) is 10.7. The number of H-pyrrole nitrogens is 1. The predicted octanol–water partition coefficient (Wildman–Crippen LogP) is 5.69. The second kappa shape index (κ2) is 9.33. The summed E-state index contributed by atoms with van der Waals surface area (Å²) in [6.07, 6.45) is 0.374. The summed E-state index contributed by atoms with van der Waals surface area (Å²) in [7, 11) is 0. The zero-order valence-electron chi connectivity index (χ0n) is 21.1. The third-order valence-electron chi connectivity index (χ3n) is 7.27. The van der Waals surface area contributed by atoms with Gasteiger partial charge >= 0.3 is 6.03 Å². The first kappa shape index (κ1) is 24.2. The minimum absolute atomic E-state index is 0.262. The van der Waals surface area contributed by atoms with Crippen molar-refractivity contribution in [3.05, 3.63) is 100 Å². The fraction of sp³-hybridized carbons (Fsp3) is 0.233. The molecule has 7 nitrogen and oxygen atoms in total. The molecular weight excluding hydrogens is 500 g/mol. The van der Waals surface area contributed by atoms with Gasteiger partial charge in [0.05, 0.1) is 11.3 Å². The van der Waals surface area contributed by atoms with Gasteiger partial charge < -0.3 is 10.3 Å². The van der Waals surface area contributed by atoms with E-state index in [1.165, 1.54) is 4.90 Å². The highest BCUT2D eigenvalue weighted by molar-refractivity contribution is 6.30. The number of anilines is 1. The summed E-state index contributed by atoms with van der Waals surface area (Å²) in [4.78, 5) is 47.5. The van der Waals surface area contributed by atoms with E-state index in [2.05, 4.69) is 10.3 Å². The third kappa shape index (κ3) is 3.85. The largest absolute Gasteiger partial charge is 0.356 e. The lowest BCUT2D eigenvalue weighted by molar-refractivity contribution is -0.120. The maximum atomic E-state index is 14.1. The first-order valence-corrected chi connectivity index (χ1v) is 13.1. The molecule has 1 saturated heterocycles. The number of imide groups is 1. The Morgan fingerprint density at radius 1 is 1.05 bits per heavy atom. The number of nitrogens with one attached hydrogen (secondary N) is 2. The summed E-state index contributed by atoms with van der Waals surface area (Å²) in [5, 5.41) is 4.48. The summed E-state index contributed by atoms with van der Waals surface area (Å²) in [6.45, 7) is 4.50. The Balaban J connectivity index is 1.47. The van der Waals surface area contributed by atoms with Crippen molar-refractivity contribution in [2.45, 2.75) is 32.4 Å². The van der Waals surface area contributed by atoms with Gasteiger partial charge in [-0.3, -0.25) is 14.5 Å². The number of halogens is 1. The van der Waals surface area contributed by atoms with Crippen molar-refractivity contribution in [1.82, 2.24) is 15.2 Å². The van der Waals surface area contributed by atoms with Gasteiger partial charge in [-0.1, -0.05) is 67.9 Å². The minimum atomic E-state index is -0.718. The van der Waals surface area contributed by atoms with Gasteiger partial charge in [-0.05, 0) is 47.4 Å². The molecule has 4 amide bonds. The van der Waals surface area contributed by atoms with Crippen molar-refractivity contribution < 1.29 is 14.4 Å². The Labute approximate surface area is 225 Å². The van der Waals surface area contributed by atoms with E-state index in [0.29, 0.717) is 18.0 Å². The molecule has 0 aliphatic carbocycles. The van der Waals surface area contributed by atoms with Gasteiger partial charge in [-0.25, -0.2) is 9.69 Å². The van der Waals surface area contributed by atoms with Crippen LogP contribution in [0, 0.1) is 5.92 Å². The zero-order chi connectivity index (χ0) is 26.6. The van der Waals surface area contributed by atoms with Gasteiger partial charge in [0, 0.05) is 34.6 Å². The van der Waals surface area contributed by atoms with E-state index in [1.807, 2.05) is 56.3 Å². The molecule has 2 aliphatic rings. The molecule has 4 aromatic rings. The van der Waals surface area contributed by atoms with E-state index in [-0.39, 0.29) is 29.0 Å². The maximum absolute atomic E-state index is 14.1. The molecule has 6 rings (SSSR count). The van der Waals surface area contributed by atoms with Crippen LogP contribution >= 0.6 is 11.6 Å². The predicted molar refractivity (Wildman–Crippen MR) is 147 cm³/mol. The fourth-order valence-corrected chi connectivity index (χ4v) is 5.77. The monoisotopic (exact) mass is 526 g/mol. The summed E-state index contributed by atoms with van der Waals surface area (Å²) in [6, 6.07) is 20.4. The summed E-state index contributed by atoms with van der Waals surface area (Å²) in [5.41, 5.74) is 4.22. The number of aromatic amines is 1. The molecule has 0 unspecified atom stereocenters. The van der Waals surface area contributed by atoms with Crippen molar-refractivity contribution in [2.75, 3.05) is 11.4 Å². The number of benzene rings is 3. The molecule has 0 radical (unpaired) electrons. The topological polar surface area (TPSA) is 85.5 Å². The highest BCUT2D eigenvalue weighted by Gasteiger charge is 2.53. The van der Waals surface area contributed by atoms with Gasteiger partial charge in [0.2, 0.25) is 0 Å². The number of hydrogen-bond donors (Lipinski definition) is 2. The fourth-order valence-electron chi connectivity index (χ4n) is 5.57. The van der Waals surface area contributed by atoms with Crippen LogP contribution < -0.4 is 10.2 Å². The van der Waals surface area contributed by atoms with E-state index in [0.717, 1.165) is 27.7 Å². The normalized spacial score (nSPS) is 18.7. The number of fused-ring (bicyclic) bond motifs is 4. The second-order valence-electron chi connectivity index (χ2n) is 10.2. The SMILES string of the molecule is CC(C)CNC(=O)c1ccccc1N1C(=O)[C@@H]2Cc3c([nH]c4ccccc34)[C@H](c3cccc(Cl)c3)N2C1=O. The summed E-state index contributed by atoms with van der Waals surface area (Å²) in [5.74, 6) is -0.401. The Morgan fingerprint density at radius 3 is 2.61 bits per heavy atom. The Hall–Kier alpha value is -4.10. The summed E-state index contributed by atoms with van der Waals surface area (Å²) >= 11 is 6.37. The number of carbonyl (C=O) groups is 3. The Morgan fingerprint density at radius 2 is 1.82 bits per heavy atom. The van der Waals surface area contributed by atoms with E-state index in [4.69, 9.17) is 11.6 Å². The lowest BCUT2D eigenvalue weighted by atomic mass is 9.89. The molecule has 3 aromatic carbocycles. The van der Waals surface area contributed by atoms with E-state index < -0.39 is 18.1 Å². The first-order chi connectivity index (χ1) is 18.3. The number of aromatic nitrogens is 1. The van der Waals surface area contributed by atoms with Crippen LogP contribution in [0.4, 0.5) is 10.5 Å². The van der Waals surface area contributed by atoms with Gasteiger partial charge in [-0.2, -0.15) is 0 Å². The molecule has 2 N–H and O–H groups in total. The third-order valence-corrected chi connectivity index (χ3v) is 7.51. The first-order valence-electron chi connectivity index (χ1n) is 12.7. The van der Waals surface area contributed by atoms with Crippen LogP contribution in [0.2, 0.25) is 5.02 Å². The van der Waals surface area contributed by atoms with Gasteiger partial charge in [-0.15, -0.1) is 0 Å². The number of amides is 4. The number of rotatable bonds is 5. The van der Waals surface area contributed by atoms with Crippen molar-refractivity contribution in [1.29, 1.82) is 0 Å². The average molecular weight is 527 g/mol.